The predicted molar refractivity (Wildman–Crippen MR) is 75.0 cm³/mol. The maximum Gasteiger partial charge on any atom is 0.185 e. The Kier molecular flexibility index (Phi) is 4.05. The minimum atomic E-state index is 0.512. The first kappa shape index (κ1) is 12.8. The molecule has 1 fully saturated rings. The highest BCUT2D eigenvalue weighted by atomic mass is 32.1. The average Bonchev–Trinajstić information content (AvgIpc) is 2.96. The van der Waals surface area contributed by atoms with Crippen LogP contribution in [0.3, 0.4) is 0 Å². The van der Waals surface area contributed by atoms with Gasteiger partial charge in [-0.1, -0.05) is 13.8 Å². The molecule has 1 heterocycles. The van der Waals surface area contributed by atoms with Crippen LogP contribution in [-0.4, -0.2) is 25.6 Å². The minimum Gasteiger partial charge on any atom is -0.351 e. The van der Waals surface area contributed by atoms with E-state index in [-0.39, 0.29) is 0 Å². The Morgan fingerprint density at radius 1 is 1.47 bits per heavy atom. The van der Waals surface area contributed by atoms with Crippen LogP contribution in [0.2, 0.25) is 0 Å². The van der Waals surface area contributed by atoms with Crippen LogP contribution in [0.5, 0.6) is 0 Å². The summed E-state index contributed by atoms with van der Waals surface area (Å²) < 4.78 is 0. The quantitative estimate of drug-likeness (QED) is 0.845. The van der Waals surface area contributed by atoms with Crippen molar-refractivity contribution < 1.29 is 0 Å². The second-order valence-electron chi connectivity index (χ2n) is 5.31. The second kappa shape index (κ2) is 5.36. The number of aromatic nitrogens is 1. The summed E-state index contributed by atoms with van der Waals surface area (Å²) in [5.74, 6) is 1.43. The number of hydrogen-bond donors (Lipinski definition) is 1. The summed E-state index contributed by atoms with van der Waals surface area (Å²) in [4.78, 5) is 8.53. The van der Waals surface area contributed by atoms with E-state index in [0.29, 0.717) is 5.92 Å². The Morgan fingerprint density at radius 2 is 2.18 bits per heavy atom. The van der Waals surface area contributed by atoms with Gasteiger partial charge in [-0.2, -0.15) is 0 Å². The number of thiazole rings is 1. The van der Waals surface area contributed by atoms with Crippen molar-refractivity contribution in [1.29, 1.82) is 0 Å². The van der Waals surface area contributed by atoms with Crippen LogP contribution in [0.4, 0.5) is 5.13 Å². The number of hydrogen-bond acceptors (Lipinski definition) is 4. The number of nitrogens with zero attached hydrogens (tertiary/aromatic N) is 2. The van der Waals surface area contributed by atoms with Gasteiger partial charge in [-0.15, -0.1) is 11.3 Å². The fourth-order valence-electron chi connectivity index (χ4n) is 2.02. The molecule has 1 aromatic heterocycles. The zero-order valence-electron chi connectivity index (χ0n) is 11.3. The van der Waals surface area contributed by atoms with E-state index in [0.717, 1.165) is 12.5 Å². The molecule has 4 heteroatoms. The lowest BCUT2D eigenvalue weighted by molar-refractivity contribution is 0.758. The van der Waals surface area contributed by atoms with E-state index in [9.17, 15) is 0 Å². The number of anilines is 1. The molecule has 0 aromatic carbocycles. The SMILES string of the molecule is CNCc1sc(N(C)CC2CC2)nc1C(C)C. The van der Waals surface area contributed by atoms with Gasteiger partial charge in [-0.3, -0.25) is 0 Å². The van der Waals surface area contributed by atoms with Crippen molar-refractivity contribution in [2.75, 3.05) is 25.5 Å². The van der Waals surface area contributed by atoms with Gasteiger partial charge < -0.3 is 10.2 Å². The summed E-state index contributed by atoms with van der Waals surface area (Å²) in [5, 5.41) is 4.42. The third-order valence-corrected chi connectivity index (χ3v) is 4.34. The molecule has 0 aliphatic heterocycles. The first-order valence-electron chi connectivity index (χ1n) is 6.47. The molecule has 17 heavy (non-hydrogen) atoms. The van der Waals surface area contributed by atoms with Gasteiger partial charge in [-0.25, -0.2) is 4.98 Å². The summed E-state index contributed by atoms with van der Waals surface area (Å²) in [7, 11) is 4.17. The number of nitrogens with one attached hydrogen (secondary N) is 1. The highest BCUT2D eigenvalue weighted by Gasteiger charge is 2.24. The van der Waals surface area contributed by atoms with Gasteiger partial charge in [0.25, 0.3) is 0 Å². The lowest BCUT2D eigenvalue weighted by Gasteiger charge is -2.14. The first-order valence-corrected chi connectivity index (χ1v) is 7.28. The molecule has 1 aliphatic carbocycles. The predicted octanol–water partition coefficient (Wildman–Crippen LogP) is 2.83. The van der Waals surface area contributed by atoms with E-state index in [2.05, 4.69) is 31.1 Å². The minimum absolute atomic E-state index is 0.512. The van der Waals surface area contributed by atoms with Crippen LogP contribution in [0.15, 0.2) is 0 Å². The van der Waals surface area contributed by atoms with Gasteiger partial charge in [0.1, 0.15) is 0 Å². The Hall–Kier alpha value is -0.610. The number of rotatable bonds is 6. The Bertz CT molecular complexity index is 369. The monoisotopic (exact) mass is 253 g/mol. The van der Waals surface area contributed by atoms with E-state index in [1.54, 1.807) is 0 Å². The van der Waals surface area contributed by atoms with Crippen molar-refractivity contribution >= 4 is 16.5 Å². The van der Waals surface area contributed by atoms with Crippen LogP contribution in [0.1, 0.15) is 43.2 Å². The van der Waals surface area contributed by atoms with Crippen LogP contribution < -0.4 is 10.2 Å². The average molecular weight is 253 g/mol. The van der Waals surface area contributed by atoms with Crippen LogP contribution >= 0.6 is 11.3 Å². The van der Waals surface area contributed by atoms with E-state index in [1.807, 2.05) is 18.4 Å². The smallest absolute Gasteiger partial charge is 0.185 e. The van der Waals surface area contributed by atoms with Gasteiger partial charge in [0, 0.05) is 25.0 Å². The topological polar surface area (TPSA) is 28.2 Å². The highest BCUT2D eigenvalue weighted by molar-refractivity contribution is 7.15. The summed E-state index contributed by atoms with van der Waals surface area (Å²) in [6, 6.07) is 0. The maximum absolute atomic E-state index is 4.81. The van der Waals surface area contributed by atoms with Crippen molar-refractivity contribution in [3.63, 3.8) is 0 Å². The van der Waals surface area contributed by atoms with E-state index in [1.165, 1.54) is 35.1 Å². The lowest BCUT2D eigenvalue weighted by Crippen LogP contribution is -2.19. The summed E-state index contributed by atoms with van der Waals surface area (Å²) in [6.07, 6.45) is 2.80. The lowest BCUT2D eigenvalue weighted by atomic mass is 10.1. The van der Waals surface area contributed by atoms with Gasteiger partial charge in [0.15, 0.2) is 5.13 Å². The molecule has 0 saturated heterocycles. The molecule has 0 amide bonds. The van der Waals surface area contributed by atoms with E-state index >= 15 is 0 Å². The standard InChI is InChI=1S/C13H23N3S/c1-9(2)12-11(7-14-3)17-13(15-12)16(4)8-10-5-6-10/h9-10,14H,5-8H2,1-4H3. The van der Waals surface area contributed by atoms with Crippen molar-refractivity contribution in [2.24, 2.45) is 5.92 Å². The van der Waals surface area contributed by atoms with Gasteiger partial charge in [0.2, 0.25) is 0 Å². The third kappa shape index (κ3) is 3.19. The van der Waals surface area contributed by atoms with E-state index < -0.39 is 0 Å². The molecule has 0 spiro atoms. The molecular formula is C13H23N3S. The van der Waals surface area contributed by atoms with Gasteiger partial charge >= 0.3 is 0 Å². The van der Waals surface area contributed by atoms with Gasteiger partial charge in [0.05, 0.1) is 5.69 Å². The fourth-order valence-corrected chi connectivity index (χ4v) is 3.22. The Morgan fingerprint density at radius 3 is 2.71 bits per heavy atom. The molecule has 0 unspecified atom stereocenters. The molecule has 96 valence electrons. The van der Waals surface area contributed by atoms with Crippen LogP contribution in [0.25, 0.3) is 0 Å². The molecule has 3 nitrogen and oxygen atoms in total. The molecule has 1 aromatic rings. The summed E-state index contributed by atoms with van der Waals surface area (Å²) in [6.45, 7) is 6.55. The van der Waals surface area contributed by atoms with Crippen LogP contribution in [0, 0.1) is 5.92 Å². The fraction of sp³-hybridized carbons (Fsp3) is 0.769. The molecule has 1 aliphatic rings. The van der Waals surface area contributed by atoms with Crippen molar-refractivity contribution in [3.05, 3.63) is 10.6 Å². The molecule has 0 bridgehead atoms. The molecule has 0 radical (unpaired) electrons. The molecular weight excluding hydrogens is 230 g/mol. The molecule has 0 atom stereocenters. The highest BCUT2D eigenvalue weighted by Crippen LogP contribution is 2.34. The molecule has 1 saturated carbocycles. The molecule has 1 N–H and O–H groups in total. The normalized spacial score (nSPS) is 15.6. The largest absolute Gasteiger partial charge is 0.351 e. The van der Waals surface area contributed by atoms with Crippen LogP contribution in [-0.2, 0) is 6.54 Å². The van der Waals surface area contributed by atoms with Crippen molar-refractivity contribution in [2.45, 2.75) is 39.2 Å². The maximum atomic E-state index is 4.81. The van der Waals surface area contributed by atoms with Gasteiger partial charge in [-0.05, 0) is 31.7 Å². The third-order valence-electron chi connectivity index (χ3n) is 3.16. The summed E-state index contributed by atoms with van der Waals surface area (Å²) >= 11 is 1.84. The zero-order chi connectivity index (χ0) is 12.4. The van der Waals surface area contributed by atoms with Crippen molar-refractivity contribution in [1.82, 2.24) is 10.3 Å². The first-order chi connectivity index (χ1) is 8.11. The molecule has 2 rings (SSSR count). The Labute approximate surface area is 108 Å². The van der Waals surface area contributed by atoms with Crippen molar-refractivity contribution in [3.8, 4) is 0 Å². The zero-order valence-corrected chi connectivity index (χ0v) is 12.1. The van der Waals surface area contributed by atoms with E-state index in [4.69, 9.17) is 4.98 Å². The Balaban J connectivity index is 2.13. The summed E-state index contributed by atoms with van der Waals surface area (Å²) in [5.41, 5.74) is 1.27. The second-order valence-corrected chi connectivity index (χ2v) is 6.38.